The lowest BCUT2D eigenvalue weighted by Gasteiger charge is -2.26. The van der Waals surface area contributed by atoms with Gasteiger partial charge in [0.05, 0.1) is 19.8 Å². The summed E-state index contributed by atoms with van der Waals surface area (Å²) in [6, 6.07) is 49.9. The quantitative estimate of drug-likeness (QED) is 0.0564. The fraction of sp³-hybridized carbons (Fsp3) is 0.208. The number of nitrogens with zero attached hydrogens (tertiary/aromatic N) is 1. The zero-order valence-corrected chi connectivity index (χ0v) is 31.3. The topological polar surface area (TPSA) is 91.6 Å². The van der Waals surface area contributed by atoms with Gasteiger partial charge in [-0.1, -0.05) is 78.4 Å². The minimum atomic E-state index is 0.0954. The van der Waals surface area contributed by atoms with E-state index in [9.17, 15) is 0 Å². The molecule has 6 rings (SSSR count). The maximum Gasteiger partial charge on any atom is 0.119 e. The normalized spacial score (nSPS) is 10.8. The molecular formula is C48H49NO6. The Kier molecular flexibility index (Phi) is 14.1. The highest BCUT2D eigenvalue weighted by atomic mass is 16.5. The average molecular weight is 736 g/mol. The molecule has 0 aliphatic rings. The molecule has 7 heteroatoms. The number of benzene rings is 6. The van der Waals surface area contributed by atoms with Crippen LogP contribution in [0, 0.1) is 6.92 Å². The molecule has 55 heavy (non-hydrogen) atoms. The first-order valence-corrected chi connectivity index (χ1v) is 18.9. The maximum atomic E-state index is 9.14. The zero-order chi connectivity index (χ0) is 38.2. The summed E-state index contributed by atoms with van der Waals surface area (Å²) >= 11 is 0. The molecular weight excluding hydrogens is 687 g/mol. The van der Waals surface area contributed by atoms with Crippen molar-refractivity contribution in [2.75, 3.05) is 44.5 Å². The lowest BCUT2D eigenvalue weighted by atomic mass is 9.95. The van der Waals surface area contributed by atoms with Gasteiger partial charge in [0.1, 0.15) is 17.2 Å². The van der Waals surface area contributed by atoms with Crippen LogP contribution in [-0.4, -0.2) is 55.0 Å². The van der Waals surface area contributed by atoms with E-state index in [0.29, 0.717) is 39.1 Å². The van der Waals surface area contributed by atoms with Gasteiger partial charge in [-0.3, -0.25) is 0 Å². The third-order valence-electron chi connectivity index (χ3n) is 9.11. The van der Waals surface area contributed by atoms with E-state index in [-0.39, 0.29) is 19.8 Å². The van der Waals surface area contributed by atoms with Crippen molar-refractivity contribution in [3.05, 3.63) is 168 Å². The number of anilines is 3. The lowest BCUT2D eigenvalue weighted by Crippen LogP contribution is -2.09. The van der Waals surface area contributed by atoms with Gasteiger partial charge < -0.3 is 34.4 Å². The number of rotatable bonds is 19. The van der Waals surface area contributed by atoms with Crippen LogP contribution in [0.3, 0.4) is 0 Å². The Balaban J connectivity index is 1.29. The average Bonchev–Trinajstić information content (AvgIpc) is 3.23. The van der Waals surface area contributed by atoms with Crippen LogP contribution in [0.2, 0.25) is 0 Å². The summed E-state index contributed by atoms with van der Waals surface area (Å²) in [5.74, 6) is 2.31. The van der Waals surface area contributed by atoms with Crippen LogP contribution in [0.25, 0.3) is 22.8 Å². The highest BCUT2D eigenvalue weighted by Gasteiger charge is 2.14. The molecule has 7 nitrogen and oxygen atoms in total. The van der Waals surface area contributed by atoms with Crippen LogP contribution >= 0.6 is 0 Å². The largest absolute Gasteiger partial charge is 0.494 e. The van der Waals surface area contributed by atoms with Crippen LogP contribution in [0.5, 0.6) is 17.2 Å². The highest BCUT2D eigenvalue weighted by molar-refractivity contribution is 5.92. The first-order valence-electron chi connectivity index (χ1n) is 18.9. The molecule has 0 atom stereocenters. The molecule has 0 aliphatic heterocycles. The van der Waals surface area contributed by atoms with Crippen molar-refractivity contribution in [3.8, 4) is 28.4 Å². The maximum absolute atomic E-state index is 9.14. The lowest BCUT2D eigenvalue weighted by molar-refractivity contribution is 0.233. The molecule has 3 N–H and O–H groups in total. The number of aliphatic hydroxyl groups excluding tert-OH is 3. The molecule has 0 aliphatic carbocycles. The fourth-order valence-electron chi connectivity index (χ4n) is 6.13. The monoisotopic (exact) mass is 735 g/mol. The van der Waals surface area contributed by atoms with Gasteiger partial charge in [-0.15, -0.1) is 0 Å². The Labute approximate surface area is 324 Å². The van der Waals surface area contributed by atoms with Gasteiger partial charge in [0.25, 0.3) is 0 Å². The Bertz CT molecular complexity index is 2000. The first-order chi connectivity index (χ1) is 27.0. The molecule has 0 unspecified atom stereocenters. The molecule has 0 fully saturated rings. The van der Waals surface area contributed by atoms with E-state index in [2.05, 4.69) is 127 Å². The molecule has 0 bridgehead atoms. The SMILES string of the molecule is Cc1ccc(N(c2ccc(C=C(c3ccc(OCCCO)cc3)c3ccc(OCCCO)cc3)cc2)c2ccc(-c3ccc(OCCCO)cc3)cc2)cc1. The molecule has 0 aromatic heterocycles. The summed E-state index contributed by atoms with van der Waals surface area (Å²) in [5.41, 5.74) is 10.7. The van der Waals surface area contributed by atoms with Crippen LogP contribution in [0.15, 0.2) is 146 Å². The number of hydrogen-bond acceptors (Lipinski definition) is 7. The van der Waals surface area contributed by atoms with Crippen molar-refractivity contribution >= 4 is 28.7 Å². The van der Waals surface area contributed by atoms with Crippen molar-refractivity contribution < 1.29 is 29.5 Å². The molecule has 6 aromatic carbocycles. The van der Waals surface area contributed by atoms with Gasteiger partial charge in [0.2, 0.25) is 0 Å². The summed E-state index contributed by atoms with van der Waals surface area (Å²) in [6.45, 7) is 3.82. The standard InChI is InChI=1S/C48H49NO6/c1-36-5-17-42(18-6-36)49(44-21-9-38(10-22-44)39-11-23-45(24-12-39)53-32-2-29-50)43-19-7-37(8-20-43)35-48(40-13-25-46(26-14-40)54-33-3-30-51)41-15-27-47(28-16-41)55-34-4-31-52/h5-28,35,50-52H,2-4,29-34H2,1H3. The van der Waals surface area contributed by atoms with Crippen LogP contribution in [0.4, 0.5) is 17.1 Å². The smallest absolute Gasteiger partial charge is 0.119 e. The van der Waals surface area contributed by atoms with Crippen molar-refractivity contribution in [2.24, 2.45) is 0 Å². The summed E-state index contributed by atoms with van der Waals surface area (Å²) in [4.78, 5) is 2.26. The van der Waals surface area contributed by atoms with E-state index in [4.69, 9.17) is 29.5 Å². The van der Waals surface area contributed by atoms with E-state index in [1.165, 1.54) is 5.56 Å². The predicted octanol–water partition coefficient (Wildman–Crippen LogP) is 10.0. The predicted molar refractivity (Wildman–Crippen MR) is 223 cm³/mol. The molecule has 0 saturated heterocycles. The Morgan fingerprint density at radius 1 is 0.455 bits per heavy atom. The molecule has 282 valence electrons. The van der Waals surface area contributed by atoms with Crippen LogP contribution in [0.1, 0.15) is 41.5 Å². The van der Waals surface area contributed by atoms with Gasteiger partial charge in [-0.2, -0.15) is 0 Å². The molecule has 0 saturated carbocycles. The van der Waals surface area contributed by atoms with E-state index < -0.39 is 0 Å². The van der Waals surface area contributed by atoms with Crippen molar-refractivity contribution in [2.45, 2.75) is 26.2 Å². The van der Waals surface area contributed by atoms with E-state index in [0.717, 1.165) is 67.7 Å². The van der Waals surface area contributed by atoms with E-state index in [1.807, 2.05) is 36.4 Å². The van der Waals surface area contributed by atoms with Gasteiger partial charge >= 0.3 is 0 Å². The van der Waals surface area contributed by atoms with Gasteiger partial charge in [0, 0.05) is 56.1 Å². The van der Waals surface area contributed by atoms with Gasteiger partial charge in [-0.25, -0.2) is 0 Å². The second-order valence-corrected chi connectivity index (χ2v) is 13.2. The fourth-order valence-corrected chi connectivity index (χ4v) is 6.13. The van der Waals surface area contributed by atoms with Crippen molar-refractivity contribution in [3.63, 3.8) is 0 Å². The second kappa shape index (κ2) is 20.0. The van der Waals surface area contributed by atoms with E-state index >= 15 is 0 Å². The zero-order valence-electron chi connectivity index (χ0n) is 31.3. The number of hydrogen-bond donors (Lipinski definition) is 3. The summed E-state index contributed by atoms with van der Waals surface area (Å²) in [5, 5.41) is 27.3. The molecule has 0 spiro atoms. The van der Waals surface area contributed by atoms with Crippen molar-refractivity contribution in [1.29, 1.82) is 0 Å². The Hall–Kier alpha value is -5.86. The van der Waals surface area contributed by atoms with E-state index in [1.54, 1.807) is 0 Å². The number of aryl methyl sites for hydroxylation is 1. The molecule has 6 aromatic rings. The Morgan fingerprint density at radius 3 is 1.20 bits per heavy atom. The van der Waals surface area contributed by atoms with Crippen LogP contribution in [-0.2, 0) is 0 Å². The number of aliphatic hydroxyl groups is 3. The molecule has 0 radical (unpaired) electrons. The third kappa shape index (κ3) is 10.9. The molecule has 0 amide bonds. The van der Waals surface area contributed by atoms with Gasteiger partial charge in [0.15, 0.2) is 0 Å². The minimum absolute atomic E-state index is 0.0954. The highest BCUT2D eigenvalue weighted by Crippen LogP contribution is 2.37. The summed E-state index contributed by atoms with van der Waals surface area (Å²) < 4.78 is 17.3. The summed E-state index contributed by atoms with van der Waals surface area (Å²) in [7, 11) is 0. The summed E-state index contributed by atoms with van der Waals surface area (Å²) in [6.07, 6.45) is 3.97. The third-order valence-corrected chi connectivity index (χ3v) is 9.11. The minimum Gasteiger partial charge on any atom is -0.494 e. The first kappa shape index (κ1) is 38.9. The van der Waals surface area contributed by atoms with Crippen LogP contribution < -0.4 is 19.1 Å². The van der Waals surface area contributed by atoms with Crippen molar-refractivity contribution in [1.82, 2.24) is 0 Å². The molecule has 0 heterocycles. The second-order valence-electron chi connectivity index (χ2n) is 13.2. The Morgan fingerprint density at radius 2 is 0.800 bits per heavy atom. The van der Waals surface area contributed by atoms with Gasteiger partial charge in [-0.05, 0) is 119 Å². The number of ether oxygens (including phenoxy) is 3.